The number of aliphatic carboxylic acids is 1. The summed E-state index contributed by atoms with van der Waals surface area (Å²) in [5.74, 6) is -0.890. The Bertz CT molecular complexity index is 381. The van der Waals surface area contributed by atoms with Crippen LogP contribution in [0.1, 0.15) is 5.56 Å². The number of carbonyl (C=O) groups is 1. The van der Waals surface area contributed by atoms with Gasteiger partial charge < -0.3 is 14.6 Å². The largest absolute Gasteiger partial charge is 0.480 e. The van der Waals surface area contributed by atoms with Crippen LogP contribution in [0.25, 0.3) is 0 Å². The van der Waals surface area contributed by atoms with E-state index >= 15 is 0 Å². The number of benzene rings is 1. The lowest BCUT2D eigenvalue weighted by Gasteiger charge is -2.12. The predicted octanol–water partition coefficient (Wildman–Crippen LogP) is 0.601. The van der Waals surface area contributed by atoms with E-state index in [2.05, 4.69) is 5.32 Å². The number of ether oxygens (including phenoxy) is 2. The van der Waals surface area contributed by atoms with Gasteiger partial charge in [-0.05, 0) is 12.0 Å². The van der Waals surface area contributed by atoms with Crippen molar-refractivity contribution in [3.63, 3.8) is 0 Å². The van der Waals surface area contributed by atoms with Crippen molar-refractivity contribution < 1.29 is 19.4 Å². The number of rotatable bonds is 6. The van der Waals surface area contributed by atoms with E-state index in [1.807, 2.05) is 30.3 Å². The van der Waals surface area contributed by atoms with Gasteiger partial charge in [0.15, 0.2) is 12.5 Å². The second-order valence-electron chi connectivity index (χ2n) is 3.91. The highest BCUT2D eigenvalue weighted by Gasteiger charge is 2.41. The summed E-state index contributed by atoms with van der Waals surface area (Å²) >= 11 is 0. The van der Waals surface area contributed by atoms with Gasteiger partial charge in [0.1, 0.15) is 6.04 Å². The molecule has 5 nitrogen and oxygen atoms in total. The SMILES string of the molecule is COC1OC1N[C@H](Cc1ccccc1)C(=O)O. The maximum Gasteiger partial charge on any atom is 0.321 e. The molecular weight excluding hydrogens is 222 g/mol. The highest BCUT2D eigenvalue weighted by molar-refractivity contribution is 5.74. The van der Waals surface area contributed by atoms with Gasteiger partial charge in [0.25, 0.3) is 0 Å². The first kappa shape index (κ1) is 12.0. The van der Waals surface area contributed by atoms with Crippen molar-refractivity contribution in [1.29, 1.82) is 0 Å². The standard InChI is InChI=1S/C12H15NO4/c1-16-12-10(17-12)13-9(11(14)15)7-8-5-3-2-4-6-8/h2-6,9-10,12-13H,7H2,1H3,(H,14,15)/t9-,10?,12?/m1/s1. The molecule has 0 spiro atoms. The van der Waals surface area contributed by atoms with Crippen LogP contribution < -0.4 is 5.32 Å². The fraction of sp³-hybridized carbons (Fsp3) is 0.417. The molecule has 0 aromatic heterocycles. The summed E-state index contributed by atoms with van der Waals surface area (Å²) in [6, 6.07) is 8.82. The lowest BCUT2D eigenvalue weighted by Crippen LogP contribution is -2.41. The first-order valence-corrected chi connectivity index (χ1v) is 5.41. The zero-order valence-electron chi connectivity index (χ0n) is 9.50. The van der Waals surface area contributed by atoms with Gasteiger partial charge in [-0.25, -0.2) is 0 Å². The second-order valence-corrected chi connectivity index (χ2v) is 3.91. The number of hydrogen-bond donors (Lipinski definition) is 2. The molecule has 0 amide bonds. The number of methoxy groups -OCH3 is 1. The van der Waals surface area contributed by atoms with Crippen LogP contribution in [0.3, 0.4) is 0 Å². The van der Waals surface area contributed by atoms with Crippen molar-refractivity contribution in [1.82, 2.24) is 5.32 Å². The van der Waals surface area contributed by atoms with Crippen molar-refractivity contribution in [3.05, 3.63) is 35.9 Å². The number of nitrogens with one attached hydrogen (secondary N) is 1. The van der Waals surface area contributed by atoms with Gasteiger partial charge in [0, 0.05) is 7.11 Å². The van der Waals surface area contributed by atoms with Crippen molar-refractivity contribution in [2.75, 3.05) is 7.11 Å². The quantitative estimate of drug-likeness (QED) is 0.709. The molecule has 1 aliphatic heterocycles. The molecule has 1 saturated heterocycles. The summed E-state index contributed by atoms with van der Waals surface area (Å²) in [6.07, 6.45) is -0.218. The molecule has 2 N–H and O–H groups in total. The van der Waals surface area contributed by atoms with E-state index in [1.54, 1.807) is 0 Å². The Morgan fingerprint density at radius 3 is 2.76 bits per heavy atom. The molecule has 1 aromatic rings. The molecule has 3 atom stereocenters. The Balaban J connectivity index is 1.92. The number of epoxide rings is 1. The lowest BCUT2D eigenvalue weighted by molar-refractivity contribution is -0.139. The summed E-state index contributed by atoms with van der Waals surface area (Å²) < 4.78 is 10.0. The molecule has 1 heterocycles. The van der Waals surface area contributed by atoms with E-state index in [1.165, 1.54) is 7.11 Å². The predicted molar refractivity (Wildman–Crippen MR) is 60.4 cm³/mol. The fourth-order valence-corrected chi connectivity index (χ4v) is 1.66. The topological polar surface area (TPSA) is 71.1 Å². The van der Waals surface area contributed by atoms with Gasteiger partial charge in [-0.2, -0.15) is 0 Å². The average molecular weight is 237 g/mol. The monoisotopic (exact) mass is 237 g/mol. The van der Waals surface area contributed by atoms with Crippen LogP contribution in [-0.4, -0.2) is 36.7 Å². The first-order valence-electron chi connectivity index (χ1n) is 5.41. The van der Waals surface area contributed by atoms with Gasteiger partial charge in [0.2, 0.25) is 0 Å². The van der Waals surface area contributed by atoms with Crippen LogP contribution >= 0.6 is 0 Å². The van der Waals surface area contributed by atoms with Crippen LogP contribution in [0, 0.1) is 0 Å². The third-order valence-electron chi connectivity index (χ3n) is 2.63. The van der Waals surface area contributed by atoms with Crippen LogP contribution in [0.4, 0.5) is 0 Å². The van der Waals surface area contributed by atoms with Crippen molar-refractivity contribution in [3.8, 4) is 0 Å². The maximum atomic E-state index is 11.1. The van der Waals surface area contributed by atoms with E-state index in [0.717, 1.165) is 5.56 Å². The summed E-state index contributed by atoms with van der Waals surface area (Å²) in [7, 11) is 1.53. The molecule has 0 saturated carbocycles. The summed E-state index contributed by atoms with van der Waals surface area (Å²) in [5.41, 5.74) is 0.974. The molecule has 1 aromatic carbocycles. The van der Waals surface area contributed by atoms with Gasteiger partial charge in [-0.15, -0.1) is 0 Å². The molecule has 0 bridgehead atoms. The van der Waals surface area contributed by atoms with Crippen LogP contribution in [-0.2, 0) is 20.7 Å². The minimum atomic E-state index is -0.890. The number of hydrogen-bond acceptors (Lipinski definition) is 4. The molecule has 1 fully saturated rings. The maximum absolute atomic E-state index is 11.1. The normalized spacial score (nSPS) is 24.3. The molecular formula is C12H15NO4. The molecule has 1 aliphatic rings. The Hall–Kier alpha value is -1.43. The van der Waals surface area contributed by atoms with Crippen LogP contribution in [0.2, 0.25) is 0 Å². The van der Waals surface area contributed by atoms with E-state index in [9.17, 15) is 4.79 Å². The Kier molecular flexibility index (Phi) is 3.73. The molecule has 0 radical (unpaired) electrons. The first-order chi connectivity index (χ1) is 8.20. The van der Waals surface area contributed by atoms with Crippen LogP contribution in [0.5, 0.6) is 0 Å². The number of carboxylic acid groups (broad SMARTS) is 1. The van der Waals surface area contributed by atoms with Crippen LogP contribution in [0.15, 0.2) is 30.3 Å². The minimum Gasteiger partial charge on any atom is -0.480 e. The lowest BCUT2D eigenvalue weighted by atomic mass is 10.1. The highest BCUT2D eigenvalue weighted by Crippen LogP contribution is 2.20. The number of carboxylic acids is 1. The fourth-order valence-electron chi connectivity index (χ4n) is 1.66. The molecule has 2 rings (SSSR count). The zero-order valence-corrected chi connectivity index (χ0v) is 9.50. The zero-order chi connectivity index (χ0) is 12.3. The van der Waals surface area contributed by atoms with Crippen molar-refractivity contribution >= 4 is 5.97 Å². The molecule has 2 unspecified atom stereocenters. The Labute approximate surface area is 99.3 Å². The summed E-state index contributed by atoms with van der Waals surface area (Å²) in [6.45, 7) is 0. The van der Waals surface area contributed by atoms with E-state index in [0.29, 0.717) is 6.42 Å². The van der Waals surface area contributed by atoms with Gasteiger partial charge >= 0.3 is 5.97 Å². The Morgan fingerprint density at radius 2 is 2.24 bits per heavy atom. The summed E-state index contributed by atoms with van der Waals surface area (Å²) in [5, 5.41) is 12.0. The molecule has 92 valence electrons. The van der Waals surface area contributed by atoms with E-state index in [4.69, 9.17) is 14.6 Å². The third kappa shape index (κ3) is 3.26. The summed E-state index contributed by atoms with van der Waals surface area (Å²) in [4.78, 5) is 11.1. The van der Waals surface area contributed by atoms with Gasteiger partial charge in [-0.3, -0.25) is 10.1 Å². The smallest absolute Gasteiger partial charge is 0.321 e. The molecule has 5 heteroatoms. The van der Waals surface area contributed by atoms with E-state index < -0.39 is 12.0 Å². The van der Waals surface area contributed by atoms with Gasteiger partial charge in [-0.1, -0.05) is 30.3 Å². The van der Waals surface area contributed by atoms with Crippen molar-refractivity contribution in [2.45, 2.75) is 25.0 Å². The Morgan fingerprint density at radius 1 is 1.53 bits per heavy atom. The third-order valence-corrected chi connectivity index (χ3v) is 2.63. The molecule has 17 heavy (non-hydrogen) atoms. The average Bonchev–Trinajstić information content (AvgIpc) is 3.08. The van der Waals surface area contributed by atoms with Crippen molar-refractivity contribution in [2.24, 2.45) is 0 Å². The van der Waals surface area contributed by atoms with Gasteiger partial charge in [0.05, 0.1) is 0 Å². The molecule has 0 aliphatic carbocycles. The van der Waals surface area contributed by atoms with E-state index in [-0.39, 0.29) is 12.5 Å². The highest BCUT2D eigenvalue weighted by atomic mass is 16.8. The minimum absolute atomic E-state index is 0.315. The second kappa shape index (κ2) is 5.27.